The molecule has 1 saturated heterocycles. The second kappa shape index (κ2) is 8.32. The lowest BCUT2D eigenvalue weighted by molar-refractivity contribution is -0.117. The number of halogens is 1. The molecule has 34 heavy (non-hydrogen) atoms. The number of aryl methyl sites for hydroxylation is 1. The van der Waals surface area contributed by atoms with Crippen molar-refractivity contribution in [2.24, 2.45) is 0 Å². The van der Waals surface area contributed by atoms with Gasteiger partial charge < -0.3 is 20.6 Å². The molecule has 3 aliphatic rings. The van der Waals surface area contributed by atoms with E-state index in [0.29, 0.717) is 36.2 Å². The normalized spacial score (nSPS) is 23.1. The molecule has 4 N–H and O–H groups in total. The molecule has 0 radical (unpaired) electrons. The summed E-state index contributed by atoms with van der Waals surface area (Å²) in [6, 6.07) is 4.19. The van der Waals surface area contributed by atoms with Crippen LogP contribution in [0.25, 0.3) is 0 Å². The number of pyridine rings is 1. The van der Waals surface area contributed by atoms with E-state index >= 15 is 0 Å². The van der Waals surface area contributed by atoms with Crippen LogP contribution >= 0.6 is 0 Å². The number of aliphatic hydroxyl groups excluding tert-OH is 1. The molecule has 11 heteroatoms. The maximum atomic E-state index is 13.1. The molecular weight excluding hydrogens is 439 g/mol. The number of aliphatic hydroxyl groups is 1. The average Bonchev–Trinajstić information content (AvgIpc) is 3.29. The number of amides is 1. The van der Waals surface area contributed by atoms with Crippen molar-refractivity contribution in [3.05, 3.63) is 47.3 Å². The van der Waals surface area contributed by atoms with E-state index in [1.54, 1.807) is 0 Å². The van der Waals surface area contributed by atoms with Crippen LogP contribution in [0.15, 0.2) is 24.4 Å². The van der Waals surface area contributed by atoms with E-state index in [-0.39, 0.29) is 17.9 Å². The number of nitrogens with zero attached hydrogens (tertiary/aromatic N) is 5. The number of aromatic amines is 1. The van der Waals surface area contributed by atoms with Crippen LogP contribution < -0.4 is 15.5 Å². The maximum Gasteiger partial charge on any atom is 0.247 e. The molecule has 2 aliphatic carbocycles. The van der Waals surface area contributed by atoms with Gasteiger partial charge in [-0.25, -0.2) is 9.97 Å². The molecule has 3 aromatic heterocycles. The molecule has 2 fully saturated rings. The zero-order valence-electron chi connectivity index (χ0n) is 18.5. The average molecular weight is 465 g/mol. The topological polar surface area (TPSA) is 132 Å². The summed E-state index contributed by atoms with van der Waals surface area (Å²) in [7, 11) is 0. The SMILES string of the molecule is O=C(Nc1ccc(F)nc1)[C@@H]1CCCN1c1nc2c(c(Nc3cc(C4C[C@H]4O)[nH]n3)n1)CCC2. The van der Waals surface area contributed by atoms with Gasteiger partial charge in [-0.1, -0.05) is 0 Å². The van der Waals surface area contributed by atoms with Crippen LogP contribution in [-0.2, 0) is 17.6 Å². The van der Waals surface area contributed by atoms with Gasteiger partial charge in [0.2, 0.25) is 17.8 Å². The number of hydrogen-bond acceptors (Lipinski definition) is 8. The summed E-state index contributed by atoms with van der Waals surface area (Å²) >= 11 is 0. The summed E-state index contributed by atoms with van der Waals surface area (Å²) in [5.74, 6) is 1.21. The van der Waals surface area contributed by atoms with E-state index < -0.39 is 12.0 Å². The number of anilines is 4. The molecule has 1 unspecified atom stereocenters. The van der Waals surface area contributed by atoms with Crippen molar-refractivity contribution in [1.82, 2.24) is 25.1 Å². The Morgan fingerprint density at radius 1 is 1.24 bits per heavy atom. The van der Waals surface area contributed by atoms with Gasteiger partial charge in [-0.2, -0.15) is 14.5 Å². The van der Waals surface area contributed by atoms with E-state index in [0.717, 1.165) is 49.1 Å². The quantitative estimate of drug-likeness (QED) is 0.409. The third kappa shape index (κ3) is 3.96. The molecule has 0 spiro atoms. The lowest BCUT2D eigenvalue weighted by Gasteiger charge is -2.25. The van der Waals surface area contributed by atoms with Crippen molar-refractivity contribution in [2.75, 3.05) is 22.1 Å². The predicted octanol–water partition coefficient (Wildman–Crippen LogP) is 2.42. The predicted molar refractivity (Wildman–Crippen MR) is 122 cm³/mol. The Kier molecular flexibility index (Phi) is 5.13. The zero-order valence-corrected chi connectivity index (χ0v) is 18.5. The molecule has 6 rings (SSSR count). The van der Waals surface area contributed by atoms with Gasteiger partial charge in [0.05, 0.1) is 23.7 Å². The first-order valence-corrected chi connectivity index (χ1v) is 11.6. The molecule has 3 atom stereocenters. The minimum Gasteiger partial charge on any atom is -0.392 e. The van der Waals surface area contributed by atoms with Gasteiger partial charge in [0.15, 0.2) is 5.82 Å². The molecule has 10 nitrogen and oxygen atoms in total. The third-order valence-corrected chi connectivity index (χ3v) is 6.73. The van der Waals surface area contributed by atoms with Crippen LogP contribution in [0.1, 0.15) is 48.6 Å². The Morgan fingerprint density at radius 2 is 2.12 bits per heavy atom. The first-order chi connectivity index (χ1) is 16.5. The highest BCUT2D eigenvalue weighted by molar-refractivity contribution is 5.96. The number of carbonyl (C=O) groups excluding carboxylic acids is 1. The summed E-state index contributed by atoms with van der Waals surface area (Å²) in [5, 5.41) is 23.2. The number of aromatic nitrogens is 5. The number of rotatable bonds is 6. The smallest absolute Gasteiger partial charge is 0.247 e. The van der Waals surface area contributed by atoms with Crippen molar-refractivity contribution in [3.63, 3.8) is 0 Å². The number of fused-ring (bicyclic) bond motifs is 1. The fourth-order valence-electron chi connectivity index (χ4n) is 4.83. The first-order valence-electron chi connectivity index (χ1n) is 11.6. The number of hydrogen-bond donors (Lipinski definition) is 4. The molecular formula is C23H25FN8O2. The minimum absolute atomic E-state index is 0.120. The Morgan fingerprint density at radius 3 is 2.91 bits per heavy atom. The molecule has 0 bridgehead atoms. The number of nitrogens with one attached hydrogen (secondary N) is 3. The molecule has 1 amide bonds. The highest BCUT2D eigenvalue weighted by Crippen LogP contribution is 2.40. The standard InChI is InChI=1S/C23H25FN8O2/c24-19-7-6-12(11-25-19)26-22(34)17-5-2-8-32(17)23-27-15-4-1-3-13(15)21(29-23)28-20-10-16(30-31-20)14-9-18(14)33/h6-7,10-11,14,17-18,33H,1-5,8-9H2,(H,26,34)(H2,27,28,29,30,31)/t14?,17-,18+/m0/s1. The van der Waals surface area contributed by atoms with Crippen molar-refractivity contribution in [1.29, 1.82) is 0 Å². The van der Waals surface area contributed by atoms with Crippen LogP contribution in [0.3, 0.4) is 0 Å². The Labute approximate surface area is 195 Å². The molecule has 1 saturated carbocycles. The monoisotopic (exact) mass is 464 g/mol. The van der Waals surface area contributed by atoms with Crippen molar-refractivity contribution < 1.29 is 14.3 Å². The van der Waals surface area contributed by atoms with Gasteiger partial charge in [0.1, 0.15) is 11.9 Å². The molecule has 176 valence electrons. The lowest BCUT2D eigenvalue weighted by Crippen LogP contribution is -2.40. The van der Waals surface area contributed by atoms with Gasteiger partial charge in [-0.15, -0.1) is 0 Å². The minimum atomic E-state index is -0.593. The Balaban J connectivity index is 1.24. The maximum absolute atomic E-state index is 13.1. The third-order valence-electron chi connectivity index (χ3n) is 6.73. The van der Waals surface area contributed by atoms with Crippen molar-refractivity contribution >= 4 is 29.2 Å². The summed E-state index contributed by atoms with van der Waals surface area (Å²) < 4.78 is 13.1. The summed E-state index contributed by atoms with van der Waals surface area (Å²) in [6.45, 7) is 0.671. The fraction of sp³-hybridized carbons (Fsp3) is 0.435. The van der Waals surface area contributed by atoms with Gasteiger partial charge in [0.25, 0.3) is 0 Å². The lowest BCUT2D eigenvalue weighted by atomic mass is 10.2. The fourth-order valence-corrected chi connectivity index (χ4v) is 4.83. The summed E-state index contributed by atoms with van der Waals surface area (Å²) in [6.07, 6.45) is 6.03. The first kappa shape index (κ1) is 21.0. The molecule has 4 heterocycles. The van der Waals surface area contributed by atoms with Crippen LogP contribution in [0.4, 0.5) is 27.7 Å². The molecule has 3 aromatic rings. The van der Waals surface area contributed by atoms with Gasteiger partial charge in [0, 0.05) is 29.8 Å². The zero-order chi connectivity index (χ0) is 23.2. The second-order valence-electron chi connectivity index (χ2n) is 9.10. The van der Waals surface area contributed by atoms with E-state index in [1.807, 2.05) is 11.0 Å². The molecule has 0 aromatic carbocycles. The largest absolute Gasteiger partial charge is 0.392 e. The molecule has 1 aliphatic heterocycles. The van der Waals surface area contributed by atoms with Gasteiger partial charge in [-0.05, 0) is 50.7 Å². The second-order valence-corrected chi connectivity index (χ2v) is 9.10. The van der Waals surface area contributed by atoms with Gasteiger partial charge >= 0.3 is 0 Å². The van der Waals surface area contributed by atoms with Crippen LogP contribution in [0.5, 0.6) is 0 Å². The Bertz CT molecular complexity index is 1230. The van der Waals surface area contributed by atoms with E-state index in [2.05, 4.69) is 25.8 Å². The van der Waals surface area contributed by atoms with Crippen molar-refractivity contribution in [2.45, 2.75) is 56.6 Å². The number of carbonyl (C=O) groups is 1. The summed E-state index contributed by atoms with van der Waals surface area (Å²) in [4.78, 5) is 28.2. The van der Waals surface area contributed by atoms with E-state index in [9.17, 15) is 14.3 Å². The van der Waals surface area contributed by atoms with Crippen LogP contribution in [-0.4, -0.2) is 54.9 Å². The highest BCUT2D eigenvalue weighted by Gasteiger charge is 2.38. The van der Waals surface area contributed by atoms with Crippen LogP contribution in [0.2, 0.25) is 0 Å². The van der Waals surface area contributed by atoms with E-state index in [1.165, 1.54) is 18.3 Å². The summed E-state index contributed by atoms with van der Waals surface area (Å²) in [5.41, 5.74) is 3.44. The highest BCUT2D eigenvalue weighted by atomic mass is 19.1. The van der Waals surface area contributed by atoms with E-state index in [4.69, 9.17) is 9.97 Å². The number of H-pyrrole nitrogens is 1. The van der Waals surface area contributed by atoms with Crippen molar-refractivity contribution in [3.8, 4) is 0 Å². The van der Waals surface area contributed by atoms with Gasteiger partial charge in [-0.3, -0.25) is 9.89 Å². The Hall–Kier alpha value is -3.60. The van der Waals surface area contributed by atoms with Crippen LogP contribution in [0, 0.1) is 5.95 Å².